The first-order valence-electron chi connectivity index (χ1n) is 4.73. The summed E-state index contributed by atoms with van der Waals surface area (Å²) in [6.45, 7) is 2.18. The Kier molecular flexibility index (Phi) is 2.58. The molecule has 2 rings (SSSR count). The molecule has 2 heteroatoms. The van der Waals surface area contributed by atoms with E-state index in [-0.39, 0.29) is 5.82 Å². The van der Waals surface area contributed by atoms with Gasteiger partial charge < -0.3 is 0 Å². The van der Waals surface area contributed by atoms with Gasteiger partial charge in [0.2, 0.25) is 0 Å². The maximum atomic E-state index is 13.0. The number of hydrogen-bond acceptors (Lipinski definition) is 1. The number of fused-ring (bicyclic) bond motifs is 1. The minimum atomic E-state index is -0.0975. The van der Waals surface area contributed by atoms with E-state index in [2.05, 4.69) is 6.92 Å². The summed E-state index contributed by atoms with van der Waals surface area (Å²) >= 11 is 1.85. The van der Waals surface area contributed by atoms with Gasteiger partial charge in [-0.1, -0.05) is 6.92 Å². The highest BCUT2D eigenvalue weighted by atomic mass is 32.2. The van der Waals surface area contributed by atoms with Crippen molar-refractivity contribution < 1.29 is 4.39 Å². The molecule has 0 saturated carbocycles. The highest BCUT2D eigenvalue weighted by Gasteiger charge is 2.19. The first-order valence-corrected chi connectivity index (χ1v) is 5.72. The van der Waals surface area contributed by atoms with Gasteiger partial charge in [0.15, 0.2) is 0 Å². The molecule has 0 nitrogen and oxygen atoms in total. The molecule has 1 aromatic rings. The van der Waals surface area contributed by atoms with Gasteiger partial charge in [-0.15, -0.1) is 11.8 Å². The van der Waals surface area contributed by atoms with Crippen LogP contribution in [0.2, 0.25) is 0 Å². The minimum Gasteiger partial charge on any atom is -0.207 e. The Bertz CT molecular complexity index is 309. The molecule has 0 bridgehead atoms. The summed E-state index contributed by atoms with van der Waals surface area (Å²) < 4.78 is 13.0. The molecule has 13 heavy (non-hydrogen) atoms. The molecule has 0 N–H and O–H groups in total. The van der Waals surface area contributed by atoms with Gasteiger partial charge in [0.25, 0.3) is 0 Å². The lowest BCUT2D eigenvalue weighted by Gasteiger charge is -2.23. The monoisotopic (exact) mass is 196 g/mol. The van der Waals surface area contributed by atoms with Crippen LogP contribution in [0.1, 0.15) is 31.2 Å². The van der Waals surface area contributed by atoms with Crippen LogP contribution in [0, 0.1) is 5.82 Å². The highest BCUT2D eigenvalue weighted by molar-refractivity contribution is 7.99. The average Bonchev–Trinajstić information content (AvgIpc) is 2.17. The molecule has 1 aliphatic heterocycles. The fourth-order valence-electron chi connectivity index (χ4n) is 1.86. The van der Waals surface area contributed by atoms with Crippen molar-refractivity contribution >= 4 is 11.8 Å². The smallest absolute Gasteiger partial charge is 0.123 e. The van der Waals surface area contributed by atoms with Crippen molar-refractivity contribution in [2.75, 3.05) is 5.75 Å². The van der Waals surface area contributed by atoms with Crippen LogP contribution < -0.4 is 0 Å². The van der Waals surface area contributed by atoms with Crippen LogP contribution in [0.5, 0.6) is 0 Å². The zero-order valence-electron chi connectivity index (χ0n) is 7.72. The Morgan fingerprint density at radius 1 is 1.54 bits per heavy atom. The van der Waals surface area contributed by atoms with Gasteiger partial charge in [0, 0.05) is 4.90 Å². The molecule has 1 aromatic carbocycles. The van der Waals surface area contributed by atoms with Crippen molar-refractivity contribution in [3.8, 4) is 0 Å². The molecule has 0 fully saturated rings. The van der Waals surface area contributed by atoms with E-state index >= 15 is 0 Å². The largest absolute Gasteiger partial charge is 0.207 e. The molecule has 1 aliphatic rings. The van der Waals surface area contributed by atoms with Crippen molar-refractivity contribution in [2.24, 2.45) is 0 Å². The average molecular weight is 196 g/mol. The van der Waals surface area contributed by atoms with E-state index in [0.717, 1.165) is 6.42 Å². The summed E-state index contributed by atoms with van der Waals surface area (Å²) in [5.74, 6) is 1.66. The molecule has 0 amide bonds. The predicted molar refractivity (Wildman–Crippen MR) is 54.8 cm³/mol. The van der Waals surface area contributed by atoms with E-state index in [1.54, 1.807) is 12.1 Å². The van der Waals surface area contributed by atoms with Gasteiger partial charge >= 0.3 is 0 Å². The third-order valence-corrected chi connectivity index (χ3v) is 3.75. The summed E-state index contributed by atoms with van der Waals surface area (Å²) in [7, 11) is 0. The molecule has 1 unspecified atom stereocenters. The van der Waals surface area contributed by atoms with Crippen LogP contribution in [-0.4, -0.2) is 5.75 Å². The standard InChI is InChI=1S/C11H13FS/c1-2-8-5-6-13-11-4-3-9(12)7-10(8)11/h3-4,7-8H,2,5-6H2,1H3. The first-order chi connectivity index (χ1) is 6.31. The van der Waals surface area contributed by atoms with E-state index in [9.17, 15) is 4.39 Å². The van der Waals surface area contributed by atoms with Crippen molar-refractivity contribution in [1.82, 2.24) is 0 Å². The molecule has 70 valence electrons. The van der Waals surface area contributed by atoms with Crippen molar-refractivity contribution in [1.29, 1.82) is 0 Å². The number of benzene rings is 1. The summed E-state index contributed by atoms with van der Waals surface area (Å²) in [5.41, 5.74) is 1.22. The molecule has 0 radical (unpaired) electrons. The fourth-order valence-corrected chi connectivity index (χ4v) is 3.04. The molecule has 0 aliphatic carbocycles. The zero-order valence-corrected chi connectivity index (χ0v) is 8.53. The van der Waals surface area contributed by atoms with E-state index in [1.807, 2.05) is 17.8 Å². The van der Waals surface area contributed by atoms with Gasteiger partial charge in [-0.05, 0) is 48.3 Å². The Balaban J connectivity index is 2.41. The number of hydrogen-bond donors (Lipinski definition) is 0. The van der Waals surface area contributed by atoms with E-state index < -0.39 is 0 Å². The summed E-state index contributed by atoms with van der Waals surface area (Å²) in [4.78, 5) is 1.28. The van der Waals surface area contributed by atoms with Gasteiger partial charge in [0.05, 0.1) is 0 Å². The van der Waals surface area contributed by atoms with E-state index in [4.69, 9.17) is 0 Å². The van der Waals surface area contributed by atoms with Crippen LogP contribution in [0.4, 0.5) is 4.39 Å². The first kappa shape index (κ1) is 9.07. The molecule has 0 saturated heterocycles. The Morgan fingerprint density at radius 2 is 2.38 bits per heavy atom. The summed E-state index contributed by atoms with van der Waals surface area (Å²) in [6, 6.07) is 5.18. The predicted octanol–water partition coefficient (Wildman–Crippen LogP) is 3.82. The van der Waals surface area contributed by atoms with Crippen LogP contribution in [0.15, 0.2) is 23.1 Å². The molecule has 1 heterocycles. The molecule has 0 aromatic heterocycles. The second kappa shape index (κ2) is 3.70. The third-order valence-electron chi connectivity index (χ3n) is 2.63. The topological polar surface area (TPSA) is 0 Å². The minimum absolute atomic E-state index is 0.0975. The summed E-state index contributed by atoms with van der Waals surface area (Å²) in [6.07, 6.45) is 2.31. The molecule has 1 atom stereocenters. The van der Waals surface area contributed by atoms with Gasteiger partial charge in [-0.3, -0.25) is 0 Å². The normalized spacial score (nSPS) is 21.2. The Hall–Kier alpha value is -0.500. The van der Waals surface area contributed by atoms with Gasteiger partial charge in [-0.2, -0.15) is 0 Å². The molecular weight excluding hydrogens is 183 g/mol. The van der Waals surface area contributed by atoms with Crippen molar-refractivity contribution in [3.63, 3.8) is 0 Å². The van der Waals surface area contributed by atoms with Crippen molar-refractivity contribution in [2.45, 2.75) is 30.6 Å². The second-order valence-electron chi connectivity index (χ2n) is 3.42. The number of halogens is 1. The fraction of sp³-hybridized carbons (Fsp3) is 0.455. The quantitative estimate of drug-likeness (QED) is 0.658. The lowest BCUT2D eigenvalue weighted by molar-refractivity contribution is 0.594. The third kappa shape index (κ3) is 1.73. The summed E-state index contributed by atoms with van der Waals surface area (Å²) in [5, 5.41) is 0. The van der Waals surface area contributed by atoms with Crippen molar-refractivity contribution in [3.05, 3.63) is 29.6 Å². The highest BCUT2D eigenvalue weighted by Crippen LogP contribution is 2.39. The van der Waals surface area contributed by atoms with E-state index in [0.29, 0.717) is 5.92 Å². The lowest BCUT2D eigenvalue weighted by Crippen LogP contribution is -2.06. The van der Waals surface area contributed by atoms with Crippen LogP contribution in [-0.2, 0) is 0 Å². The molecule has 0 spiro atoms. The number of thioether (sulfide) groups is 1. The van der Waals surface area contributed by atoms with Crippen LogP contribution >= 0.6 is 11.8 Å². The number of rotatable bonds is 1. The SMILES string of the molecule is CCC1CCSc2ccc(F)cc21. The maximum absolute atomic E-state index is 13.0. The van der Waals surface area contributed by atoms with Crippen LogP contribution in [0.25, 0.3) is 0 Å². The van der Waals surface area contributed by atoms with E-state index in [1.165, 1.54) is 22.6 Å². The van der Waals surface area contributed by atoms with Crippen LogP contribution in [0.3, 0.4) is 0 Å². The second-order valence-corrected chi connectivity index (χ2v) is 4.56. The van der Waals surface area contributed by atoms with Gasteiger partial charge in [-0.25, -0.2) is 4.39 Å². The lowest BCUT2D eigenvalue weighted by atomic mass is 9.93. The Labute approximate surface area is 82.5 Å². The van der Waals surface area contributed by atoms with Gasteiger partial charge in [0.1, 0.15) is 5.82 Å². The molecular formula is C11H13FS. The maximum Gasteiger partial charge on any atom is 0.123 e. The Morgan fingerprint density at radius 3 is 3.15 bits per heavy atom. The zero-order chi connectivity index (χ0) is 9.26.